The quantitative estimate of drug-likeness (QED) is 0.513. The summed E-state index contributed by atoms with van der Waals surface area (Å²) in [6.07, 6.45) is 4.41. The van der Waals surface area contributed by atoms with E-state index in [1.54, 1.807) is 27.7 Å². The Bertz CT molecular complexity index is 810. The number of nitro benzene ring substituents is 1. The standard InChI is InChI=1S/C20H28FN3O3S/c1-18(2,3)28(27)23-19(4,11-12-20(14-22)9-5-6-10-20)16-13-15(24(25)26)7-8-17(16)21/h7-8,13,23H,5-6,9-12H2,1-4H3/t19-,28+/m0/s1. The third-order valence-corrected chi connectivity index (χ3v) is 7.28. The number of non-ortho nitro benzene ring substituents is 1. The zero-order valence-corrected chi connectivity index (χ0v) is 17.7. The second-order valence-corrected chi connectivity index (χ2v) is 10.8. The zero-order valence-electron chi connectivity index (χ0n) is 16.9. The Labute approximate surface area is 168 Å². The fraction of sp³-hybridized carbons (Fsp3) is 0.650. The molecule has 0 heterocycles. The minimum Gasteiger partial charge on any atom is -0.258 e. The van der Waals surface area contributed by atoms with E-state index < -0.39 is 37.4 Å². The van der Waals surface area contributed by atoms with Gasteiger partial charge < -0.3 is 0 Å². The largest absolute Gasteiger partial charge is 0.269 e. The molecule has 1 N–H and O–H groups in total. The second kappa shape index (κ2) is 8.26. The fourth-order valence-corrected chi connectivity index (χ4v) is 4.53. The third kappa shape index (κ3) is 4.95. The average Bonchev–Trinajstić information content (AvgIpc) is 3.09. The van der Waals surface area contributed by atoms with E-state index in [4.69, 9.17) is 0 Å². The monoisotopic (exact) mass is 409 g/mol. The summed E-state index contributed by atoms with van der Waals surface area (Å²) in [4.78, 5) is 10.6. The van der Waals surface area contributed by atoms with Crippen LogP contribution in [0.25, 0.3) is 0 Å². The minimum absolute atomic E-state index is 0.102. The predicted octanol–water partition coefficient (Wildman–Crippen LogP) is 4.87. The van der Waals surface area contributed by atoms with Crippen molar-refractivity contribution in [2.75, 3.05) is 0 Å². The highest BCUT2D eigenvalue weighted by atomic mass is 32.2. The number of nitro groups is 1. The topological polar surface area (TPSA) is 96.0 Å². The first-order chi connectivity index (χ1) is 12.9. The lowest BCUT2D eigenvalue weighted by molar-refractivity contribution is -0.385. The Hall–Kier alpha value is -1.85. The van der Waals surface area contributed by atoms with Gasteiger partial charge >= 0.3 is 0 Å². The number of rotatable bonds is 7. The highest BCUT2D eigenvalue weighted by Gasteiger charge is 2.40. The number of nitrogens with one attached hydrogen (secondary N) is 1. The molecule has 0 bridgehead atoms. The summed E-state index contributed by atoms with van der Waals surface area (Å²) in [6, 6.07) is 5.82. The van der Waals surface area contributed by atoms with E-state index in [1.807, 2.05) is 0 Å². The molecular weight excluding hydrogens is 381 g/mol. The lowest BCUT2D eigenvalue weighted by Crippen LogP contribution is -2.47. The molecule has 0 amide bonds. The van der Waals surface area contributed by atoms with E-state index >= 15 is 0 Å². The van der Waals surface area contributed by atoms with Gasteiger partial charge in [-0.05, 0) is 59.4 Å². The van der Waals surface area contributed by atoms with Crippen molar-refractivity contribution >= 4 is 16.7 Å². The average molecular weight is 410 g/mol. The first-order valence-corrected chi connectivity index (χ1v) is 10.6. The number of nitrogens with zero attached hydrogens (tertiary/aromatic N) is 2. The Balaban J connectivity index is 2.44. The molecule has 1 aliphatic carbocycles. The van der Waals surface area contributed by atoms with Crippen LogP contribution in [0.4, 0.5) is 10.1 Å². The molecule has 0 spiro atoms. The van der Waals surface area contributed by atoms with Gasteiger partial charge in [0.15, 0.2) is 0 Å². The summed E-state index contributed by atoms with van der Waals surface area (Å²) in [5.41, 5.74) is -1.70. The van der Waals surface area contributed by atoms with Crippen LogP contribution in [0.3, 0.4) is 0 Å². The van der Waals surface area contributed by atoms with E-state index in [9.17, 15) is 24.0 Å². The molecule has 6 nitrogen and oxygen atoms in total. The maximum atomic E-state index is 14.7. The van der Waals surface area contributed by atoms with Gasteiger partial charge in [-0.3, -0.25) is 10.1 Å². The lowest BCUT2D eigenvalue weighted by Gasteiger charge is -2.36. The van der Waals surface area contributed by atoms with Gasteiger partial charge in [-0.2, -0.15) is 5.26 Å². The smallest absolute Gasteiger partial charge is 0.258 e. The molecule has 1 fully saturated rings. The van der Waals surface area contributed by atoms with Gasteiger partial charge in [0, 0.05) is 17.7 Å². The molecule has 1 aromatic rings. The van der Waals surface area contributed by atoms with E-state index in [0.29, 0.717) is 12.8 Å². The van der Waals surface area contributed by atoms with Crippen LogP contribution in [0.15, 0.2) is 18.2 Å². The Morgan fingerprint density at radius 3 is 2.43 bits per heavy atom. The Kier molecular flexibility index (Phi) is 6.62. The van der Waals surface area contributed by atoms with Crippen molar-refractivity contribution in [3.8, 4) is 6.07 Å². The van der Waals surface area contributed by atoms with Gasteiger partial charge in [0.05, 0.1) is 37.7 Å². The molecule has 2 rings (SSSR count). The predicted molar refractivity (Wildman–Crippen MR) is 107 cm³/mol. The van der Waals surface area contributed by atoms with Crippen molar-refractivity contribution in [1.82, 2.24) is 4.72 Å². The molecule has 0 unspecified atom stereocenters. The van der Waals surface area contributed by atoms with Crippen LogP contribution in [-0.4, -0.2) is 13.9 Å². The molecule has 28 heavy (non-hydrogen) atoms. The van der Waals surface area contributed by atoms with E-state index in [0.717, 1.165) is 37.8 Å². The van der Waals surface area contributed by atoms with Gasteiger partial charge in [-0.1, -0.05) is 12.8 Å². The van der Waals surface area contributed by atoms with Crippen molar-refractivity contribution in [3.05, 3.63) is 39.7 Å². The van der Waals surface area contributed by atoms with Crippen LogP contribution in [0.2, 0.25) is 0 Å². The summed E-state index contributed by atoms with van der Waals surface area (Å²) in [7, 11) is -1.52. The Morgan fingerprint density at radius 2 is 1.93 bits per heavy atom. The maximum absolute atomic E-state index is 14.7. The minimum atomic E-state index is -1.52. The van der Waals surface area contributed by atoms with Gasteiger partial charge in [-0.25, -0.2) is 13.3 Å². The van der Waals surface area contributed by atoms with Crippen LogP contribution >= 0.6 is 0 Å². The highest BCUT2D eigenvalue weighted by Crippen LogP contribution is 2.44. The van der Waals surface area contributed by atoms with Gasteiger partial charge in [0.2, 0.25) is 0 Å². The second-order valence-electron chi connectivity index (χ2n) is 8.84. The molecule has 2 atom stereocenters. The maximum Gasteiger partial charge on any atom is 0.269 e. The van der Waals surface area contributed by atoms with Crippen molar-refractivity contribution in [2.45, 2.75) is 76.5 Å². The van der Waals surface area contributed by atoms with Gasteiger partial charge in [0.1, 0.15) is 5.82 Å². The fourth-order valence-electron chi connectivity index (χ4n) is 3.61. The molecular formula is C20H28FN3O3S. The molecule has 154 valence electrons. The summed E-state index contributed by atoms with van der Waals surface area (Å²) < 4.78 is 30.0. The Morgan fingerprint density at radius 1 is 1.32 bits per heavy atom. The molecule has 8 heteroatoms. The normalized spacial score (nSPS) is 19.6. The molecule has 1 aromatic carbocycles. The third-order valence-electron chi connectivity index (χ3n) is 5.53. The molecule has 1 aliphatic rings. The van der Waals surface area contributed by atoms with E-state index in [2.05, 4.69) is 10.8 Å². The van der Waals surface area contributed by atoms with Crippen LogP contribution in [-0.2, 0) is 16.5 Å². The summed E-state index contributed by atoms with van der Waals surface area (Å²) >= 11 is 0. The number of halogens is 1. The van der Waals surface area contributed by atoms with Crippen LogP contribution < -0.4 is 4.72 Å². The van der Waals surface area contributed by atoms with Gasteiger partial charge in [0.25, 0.3) is 5.69 Å². The molecule has 0 aliphatic heterocycles. The first kappa shape index (κ1) is 22.4. The number of hydrogen-bond acceptors (Lipinski definition) is 4. The lowest BCUT2D eigenvalue weighted by atomic mass is 9.77. The van der Waals surface area contributed by atoms with Crippen molar-refractivity contribution in [3.63, 3.8) is 0 Å². The number of hydrogen-bond donors (Lipinski definition) is 1. The summed E-state index contributed by atoms with van der Waals surface area (Å²) in [5.74, 6) is -0.594. The number of benzene rings is 1. The van der Waals surface area contributed by atoms with Crippen molar-refractivity contribution < 1.29 is 13.5 Å². The molecule has 1 saturated carbocycles. The highest BCUT2D eigenvalue weighted by molar-refractivity contribution is 7.84. The van der Waals surface area contributed by atoms with Crippen LogP contribution in [0.5, 0.6) is 0 Å². The summed E-state index contributed by atoms with van der Waals surface area (Å²) in [5, 5.41) is 20.9. The van der Waals surface area contributed by atoms with E-state index in [-0.39, 0.29) is 11.3 Å². The molecule has 0 radical (unpaired) electrons. The molecule has 0 saturated heterocycles. The van der Waals surface area contributed by atoms with Crippen molar-refractivity contribution in [1.29, 1.82) is 5.26 Å². The SMILES string of the molecule is CC(C)(C)[S@@](=O)N[C@@](C)(CCC1(C#N)CCCC1)c1cc([N+](=O)[O-])ccc1F. The number of nitriles is 1. The van der Waals surface area contributed by atoms with Crippen molar-refractivity contribution in [2.24, 2.45) is 5.41 Å². The van der Waals surface area contributed by atoms with E-state index in [1.165, 1.54) is 6.07 Å². The van der Waals surface area contributed by atoms with Crippen LogP contribution in [0.1, 0.15) is 71.8 Å². The molecule has 0 aromatic heterocycles. The zero-order chi connectivity index (χ0) is 21.2. The first-order valence-electron chi connectivity index (χ1n) is 9.48. The summed E-state index contributed by atoms with van der Waals surface area (Å²) in [6.45, 7) is 7.11. The van der Waals surface area contributed by atoms with Gasteiger partial charge in [-0.15, -0.1) is 0 Å². The van der Waals surface area contributed by atoms with Crippen LogP contribution in [0, 0.1) is 32.7 Å².